The van der Waals surface area contributed by atoms with E-state index in [1.165, 1.54) is 0 Å². The van der Waals surface area contributed by atoms with E-state index in [2.05, 4.69) is 10.6 Å². The van der Waals surface area contributed by atoms with Gasteiger partial charge in [0.1, 0.15) is 0 Å². The summed E-state index contributed by atoms with van der Waals surface area (Å²) in [5, 5.41) is 5.77. The topological polar surface area (TPSA) is 76.7 Å². The van der Waals surface area contributed by atoms with E-state index in [9.17, 15) is 9.59 Å². The maximum absolute atomic E-state index is 12.4. The lowest BCUT2D eigenvalue weighted by atomic mass is 10.1. The summed E-state index contributed by atoms with van der Waals surface area (Å²) >= 11 is 0. The molecule has 0 bridgehead atoms. The van der Waals surface area contributed by atoms with Gasteiger partial charge < -0.3 is 20.1 Å². The Kier molecular flexibility index (Phi) is 5.96. The third-order valence-electron chi connectivity index (χ3n) is 4.49. The Morgan fingerprint density at radius 3 is 2.52 bits per heavy atom. The maximum atomic E-state index is 12.4. The predicted octanol–water partition coefficient (Wildman–Crippen LogP) is 3.02. The van der Waals surface area contributed by atoms with Crippen molar-refractivity contribution in [3.63, 3.8) is 0 Å². The van der Waals surface area contributed by atoms with Crippen molar-refractivity contribution in [1.82, 2.24) is 5.32 Å². The second-order valence-electron chi connectivity index (χ2n) is 6.54. The van der Waals surface area contributed by atoms with Crippen molar-refractivity contribution in [3.05, 3.63) is 53.6 Å². The van der Waals surface area contributed by atoms with E-state index in [4.69, 9.17) is 9.47 Å². The summed E-state index contributed by atoms with van der Waals surface area (Å²) in [7, 11) is 3.19. The Morgan fingerprint density at radius 2 is 1.81 bits per heavy atom. The molecule has 2 N–H and O–H groups in total. The first-order valence-electron chi connectivity index (χ1n) is 9.00. The molecule has 1 aliphatic carbocycles. The van der Waals surface area contributed by atoms with Crippen molar-refractivity contribution in [1.29, 1.82) is 0 Å². The highest BCUT2D eigenvalue weighted by atomic mass is 16.5. The highest BCUT2D eigenvalue weighted by Crippen LogP contribution is 2.30. The molecular weight excluding hydrogens is 344 g/mol. The molecule has 0 saturated heterocycles. The number of rotatable bonds is 8. The predicted molar refractivity (Wildman–Crippen MR) is 103 cm³/mol. The molecule has 2 amide bonds. The Hall–Kier alpha value is -3.02. The molecule has 6 nitrogen and oxygen atoms in total. The highest BCUT2D eigenvalue weighted by Gasteiger charge is 2.29. The molecule has 27 heavy (non-hydrogen) atoms. The van der Waals surface area contributed by atoms with Crippen LogP contribution >= 0.6 is 0 Å². The number of anilines is 1. The van der Waals surface area contributed by atoms with Crippen LogP contribution in [-0.2, 0) is 11.2 Å². The Morgan fingerprint density at radius 1 is 1.04 bits per heavy atom. The average Bonchev–Trinajstić information content (AvgIpc) is 3.53. The van der Waals surface area contributed by atoms with Gasteiger partial charge in [-0.25, -0.2) is 0 Å². The van der Waals surface area contributed by atoms with Gasteiger partial charge in [-0.2, -0.15) is 0 Å². The molecular formula is C21H24N2O4. The van der Waals surface area contributed by atoms with E-state index >= 15 is 0 Å². The maximum Gasteiger partial charge on any atom is 0.251 e. The number of carbonyl (C=O) groups is 2. The minimum Gasteiger partial charge on any atom is -0.493 e. The van der Waals surface area contributed by atoms with E-state index in [0.717, 1.165) is 18.4 Å². The SMILES string of the molecule is COc1ccc(CCNC(=O)c2cccc(NC(=O)C3CC3)c2)cc1OC. The van der Waals surface area contributed by atoms with Gasteiger partial charge in [0.05, 0.1) is 14.2 Å². The van der Waals surface area contributed by atoms with E-state index in [0.29, 0.717) is 35.7 Å². The molecule has 142 valence electrons. The quantitative estimate of drug-likeness (QED) is 0.751. The smallest absolute Gasteiger partial charge is 0.251 e. The van der Waals surface area contributed by atoms with Crippen LogP contribution < -0.4 is 20.1 Å². The highest BCUT2D eigenvalue weighted by molar-refractivity contribution is 5.98. The number of carbonyl (C=O) groups excluding carboxylic acids is 2. The summed E-state index contributed by atoms with van der Waals surface area (Å²) in [5.41, 5.74) is 2.22. The van der Waals surface area contributed by atoms with Gasteiger partial charge in [0, 0.05) is 23.7 Å². The van der Waals surface area contributed by atoms with Crippen molar-refractivity contribution in [3.8, 4) is 11.5 Å². The molecule has 1 fully saturated rings. The lowest BCUT2D eigenvalue weighted by Crippen LogP contribution is -2.25. The zero-order valence-electron chi connectivity index (χ0n) is 15.6. The van der Waals surface area contributed by atoms with Crippen LogP contribution in [0.25, 0.3) is 0 Å². The first-order valence-corrected chi connectivity index (χ1v) is 9.00. The molecule has 0 radical (unpaired) electrons. The molecule has 0 aromatic heterocycles. The van der Waals surface area contributed by atoms with E-state index in [-0.39, 0.29) is 17.7 Å². The van der Waals surface area contributed by atoms with Crippen LogP contribution in [0.1, 0.15) is 28.8 Å². The van der Waals surface area contributed by atoms with Gasteiger partial charge in [0.25, 0.3) is 5.91 Å². The summed E-state index contributed by atoms with van der Waals surface area (Å²) in [5.74, 6) is 1.33. The fourth-order valence-corrected chi connectivity index (χ4v) is 2.79. The van der Waals surface area contributed by atoms with Crippen molar-refractivity contribution in [2.45, 2.75) is 19.3 Å². The van der Waals surface area contributed by atoms with E-state index in [1.54, 1.807) is 38.5 Å². The number of ether oxygens (including phenoxy) is 2. The summed E-state index contributed by atoms with van der Waals surface area (Å²) in [6.07, 6.45) is 2.56. The first-order chi connectivity index (χ1) is 13.1. The van der Waals surface area contributed by atoms with Crippen LogP contribution in [0.2, 0.25) is 0 Å². The Labute approximate surface area is 158 Å². The van der Waals surface area contributed by atoms with Crippen LogP contribution in [-0.4, -0.2) is 32.6 Å². The first kappa shape index (κ1) is 18.8. The zero-order valence-corrected chi connectivity index (χ0v) is 15.6. The Balaban J connectivity index is 1.54. The van der Waals surface area contributed by atoms with Crippen molar-refractivity contribution in [2.24, 2.45) is 5.92 Å². The summed E-state index contributed by atoms with van der Waals surface area (Å²) in [6, 6.07) is 12.7. The standard InChI is InChI=1S/C21H24N2O4/c1-26-18-9-6-14(12-19(18)27-2)10-11-22-20(24)16-4-3-5-17(13-16)23-21(25)15-7-8-15/h3-6,9,12-13,15H,7-8,10-11H2,1-2H3,(H,22,24)(H,23,25). The molecule has 0 unspecified atom stereocenters. The Bertz CT molecular complexity index is 831. The monoisotopic (exact) mass is 368 g/mol. The lowest BCUT2D eigenvalue weighted by molar-refractivity contribution is -0.117. The number of hydrogen-bond donors (Lipinski definition) is 2. The number of nitrogens with one attached hydrogen (secondary N) is 2. The van der Waals surface area contributed by atoms with Gasteiger partial charge in [-0.05, 0) is 55.2 Å². The minimum atomic E-state index is -0.169. The van der Waals surface area contributed by atoms with Crippen LogP contribution in [0.4, 0.5) is 5.69 Å². The molecule has 3 rings (SSSR count). The molecule has 1 aliphatic rings. The van der Waals surface area contributed by atoms with Crippen molar-refractivity contribution < 1.29 is 19.1 Å². The molecule has 0 spiro atoms. The summed E-state index contributed by atoms with van der Waals surface area (Å²) < 4.78 is 10.5. The van der Waals surface area contributed by atoms with Gasteiger partial charge in [0.15, 0.2) is 11.5 Å². The van der Waals surface area contributed by atoms with Crippen LogP contribution in [0.3, 0.4) is 0 Å². The fraction of sp³-hybridized carbons (Fsp3) is 0.333. The van der Waals surface area contributed by atoms with Crippen molar-refractivity contribution in [2.75, 3.05) is 26.1 Å². The largest absolute Gasteiger partial charge is 0.493 e. The minimum absolute atomic E-state index is 0.0287. The van der Waals surface area contributed by atoms with Crippen LogP contribution in [0, 0.1) is 5.92 Å². The third-order valence-corrected chi connectivity index (χ3v) is 4.49. The second kappa shape index (κ2) is 8.58. The summed E-state index contributed by atoms with van der Waals surface area (Å²) in [6.45, 7) is 0.493. The normalized spacial score (nSPS) is 13.0. The third kappa shape index (κ3) is 5.00. The van der Waals surface area contributed by atoms with Gasteiger partial charge in [-0.3, -0.25) is 9.59 Å². The van der Waals surface area contributed by atoms with Gasteiger partial charge in [-0.15, -0.1) is 0 Å². The average molecular weight is 368 g/mol. The van der Waals surface area contributed by atoms with Gasteiger partial charge in [-0.1, -0.05) is 12.1 Å². The van der Waals surface area contributed by atoms with Gasteiger partial charge >= 0.3 is 0 Å². The molecule has 2 aromatic carbocycles. The molecule has 6 heteroatoms. The fourth-order valence-electron chi connectivity index (χ4n) is 2.79. The number of hydrogen-bond acceptors (Lipinski definition) is 4. The molecule has 0 atom stereocenters. The molecule has 1 saturated carbocycles. The number of benzene rings is 2. The summed E-state index contributed by atoms with van der Waals surface area (Å²) in [4.78, 5) is 24.2. The molecule has 0 heterocycles. The lowest BCUT2D eigenvalue weighted by Gasteiger charge is -2.10. The van der Waals surface area contributed by atoms with Gasteiger partial charge in [0.2, 0.25) is 5.91 Å². The van der Waals surface area contributed by atoms with E-state index < -0.39 is 0 Å². The second-order valence-corrected chi connectivity index (χ2v) is 6.54. The number of amides is 2. The number of methoxy groups -OCH3 is 2. The molecule has 0 aliphatic heterocycles. The zero-order chi connectivity index (χ0) is 19.2. The van der Waals surface area contributed by atoms with E-state index in [1.807, 2.05) is 18.2 Å². The van der Waals surface area contributed by atoms with Crippen LogP contribution in [0.5, 0.6) is 11.5 Å². The van der Waals surface area contributed by atoms with Crippen LogP contribution in [0.15, 0.2) is 42.5 Å². The molecule has 2 aromatic rings. The van der Waals surface area contributed by atoms with Crippen molar-refractivity contribution >= 4 is 17.5 Å².